The van der Waals surface area contributed by atoms with Crippen LogP contribution in [-0.4, -0.2) is 42.3 Å². The van der Waals surface area contributed by atoms with Crippen molar-refractivity contribution < 1.29 is 14.4 Å². The first-order valence-corrected chi connectivity index (χ1v) is 10.8. The van der Waals surface area contributed by atoms with Crippen LogP contribution in [0.15, 0.2) is 42.5 Å². The van der Waals surface area contributed by atoms with Gasteiger partial charge in [-0.1, -0.05) is 24.6 Å². The van der Waals surface area contributed by atoms with Crippen LogP contribution in [0.2, 0.25) is 5.02 Å². The lowest BCUT2D eigenvalue weighted by atomic mass is 10.1. The second-order valence-corrected chi connectivity index (χ2v) is 7.36. The van der Waals surface area contributed by atoms with Crippen molar-refractivity contribution in [1.29, 1.82) is 0 Å². The maximum Gasteiger partial charge on any atom is 0.253 e. The molecule has 166 valence electrons. The highest BCUT2D eigenvalue weighted by Crippen LogP contribution is 2.25. The van der Waals surface area contributed by atoms with Crippen LogP contribution in [0.4, 0.5) is 17.1 Å². The maximum atomic E-state index is 12.5. The number of benzene rings is 2. The number of hydrogen-bond donors (Lipinski definition) is 3. The Bertz CT molecular complexity index is 929. The van der Waals surface area contributed by atoms with Crippen LogP contribution in [0.5, 0.6) is 0 Å². The molecule has 0 heterocycles. The summed E-state index contributed by atoms with van der Waals surface area (Å²) >= 11 is 6.20. The van der Waals surface area contributed by atoms with Gasteiger partial charge in [-0.05, 0) is 56.7 Å². The van der Waals surface area contributed by atoms with Gasteiger partial charge >= 0.3 is 0 Å². The molecule has 0 bridgehead atoms. The third-order valence-corrected chi connectivity index (χ3v) is 4.94. The summed E-state index contributed by atoms with van der Waals surface area (Å²) in [5.74, 6) is -0.440. The third kappa shape index (κ3) is 7.29. The van der Waals surface area contributed by atoms with E-state index in [-0.39, 0.29) is 24.3 Å². The van der Waals surface area contributed by atoms with E-state index in [0.717, 1.165) is 6.42 Å². The zero-order valence-electron chi connectivity index (χ0n) is 18.1. The Hall–Kier alpha value is -3.06. The van der Waals surface area contributed by atoms with Crippen LogP contribution >= 0.6 is 11.6 Å². The van der Waals surface area contributed by atoms with Crippen LogP contribution in [-0.2, 0) is 9.59 Å². The van der Waals surface area contributed by atoms with Gasteiger partial charge in [-0.3, -0.25) is 14.4 Å². The van der Waals surface area contributed by atoms with E-state index in [1.165, 1.54) is 0 Å². The zero-order valence-corrected chi connectivity index (χ0v) is 18.9. The van der Waals surface area contributed by atoms with Crippen molar-refractivity contribution in [2.75, 3.05) is 35.6 Å². The summed E-state index contributed by atoms with van der Waals surface area (Å²) < 4.78 is 0. The summed E-state index contributed by atoms with van der Waals surface area (Å²) in [4.78, 5) is 38.4. The topological polar surface area (TPSA) is 90.5 Å². The van der Waals surface area contributed by atoms with Crippen LogP contribution in [0.25, 0.3) is 0 Å². The minimum Gasteiger partial charge on any atom is -0.375 e. The van der Waals surface area contributed by atoms with Gasteiger partial charge in [0.1, 0.15) is 0 Å². The van der Waals surface area contributed by atoms with Gasteiger partial charge in [0, 0.05) is 36.4 Å². The molecular formula is C23H29ClN4O3. The predicted octanol–water partition coefficient (Wildman–Crippen LogP) is 4.61. The molecule has 0 saturated heterocycles. The van der Waals surface area contributed by atoms with E-state index in [1.807, 2.05) is 20.8 Å². The van der Waals surface area contributed by atoms with E-state index in [9.17, 15) is 14.4 Å². The Morgan fingerprint density at radius 2 is 1.58 bits per heavy atom. The quantitative estimate of drug-likeness (QED) is 0.499. The summed E-state index contributed by atoms with van der Waals surface area (Å²) in [6.45, 7) is 6.99. The lowest BCUT2D eigenvalue weighted by molar-refractivity contribution is -0.116. The number of rotatable bonds is 10. The van der Waals surface area contributed by atoms with Crippen molar-refractivity contribution in [2.24, 2.45) is 0 Å². The Balaban J connectivity index is 1.99. The zero-order chi connectivity index (χ0) is 22.8. The first-order chi connectivity index (χ1) is 14.9. The summed E-state index contributed by atoms with van der Waals surface area (Å²) in [5.41, 5.74) is 2.20. The van der Waals surface area contributed by atoms with E-state index >= 15 is 0 Å². The Labute approximate surface area is 188 Å². The normalized spacial score (nSPS) is 10.3. The molecule has 0 atom stereocenters. The SMILES string of the molecule is CCCC(=O)Nc1ccc(Cl)c(NCC(=O)Nc2cccc(C(=O)N(CC)CC)c2)c1. The van der Waals surface area contributed by atoms with Crippen molar-refractivity contribution >= 4 is 46.4 Å². The molecule has 0 fully saturated rings. The van der Waals surface area contributed by atoms with E-state index in [0.29, 0.717) is 47.2 Å². The highest BCUT2D eigenvalue weighted by molar-refractivity contribution is 6.33. The van der Waals surface area contributed by atoms with Gasteiger partial charge in [0.2, 0.25) is 11.8 Å². The largest absolute Gasteiger partial charge is 0.375 e. The average molecular weight is 445 g/mol. The number of hydrogen-bond acceptors (Lipinski definition) is 4. The number of carbonyl (C=O) groups excluding carboxylic acids is 3. The minimum atomic E-state index is -0.288. The highest BCUT2D eigenvalue weighted by Gasteiger charge is 2.13. The van der Waals surface area contributed by atoms with Crippen molar-refractivity contribution in [1.82, 2.24) is 4.90 Å². The van der Waals surface area contributed by atoms with Crippen molar-refractivity contribution in [3.05, 3.63) is 53.1 Å². The van der Waals surface area contributed by atoms with Crippen LogP contribution in [0.3, 0.4) is 0 Å². The van der Waals surface area contributed by atoms with Gasteiger partial charge in [-0.2, -0.15) is 0 Å². The number of halogens is 1. The molecule has 3 amide bonds. The maximum absolute atomic E-state index is 12.5. The molecular weight excluding hydrogens is 416 g/mol. The van der Waals surface area contributed by atoms with Crippen molar-refractivity contribution in [2.45, 2.75) is 33.6 Å². The first kappa shape index (κ1) is 24.2. The molecule has 31 heavy (non-hydrogen) atoms. The van der Waals surface area contributed by atoms with Gasteiger partial charge in [-0.15, -0.1) is 0 Å². The molecule has 3 N–H and O–H groups in total. The predicted molar refractivity (Wildman–Crippen MR) is 126 cm³/mol. The molecule has 0 aromatic heterocycles. The van der Waals surface area contributed by atoms with Gasteiger partial charge < -0.3 is 20.9 Å². The second-order valence-electron chi connectivity index (χ2n) is 6.95. The molecule has 7 nitrogen and oxygen atoms in total. The standard InChI is InChI=1S/C23H29ClN4O3/c1-4-8-21(29)26-18-11-12-19(24)20(14-18)25-15-22(30)27-17-10-7-9-16(13-17)23(31)28(5-2)6-3/h7,9-14,25H,4-6,8,15H2,1-3H3,(H,26,29)(H,27,30). The van der Waals surface area contributed by atoms with E-state index < -0.39 is 0 Å². The second kappa shape index (κ2) is 12.0. The molecule has 0 aliphatic rings. The van der Waals surface area contributed by atoms with Crippen LogP contribution in [0, 0.1) is 0 Å². The molecule has 2 aromatic rings. The fourth-order valence-corrected chi connectivity index (χ4v) is 3.18. The van der Waals surface area contributed by atoms with Gasteiger partial charge in [-0.25, -0.2) is 0 Å². The molecule has 0 radical (unpaired) electrons. The summed E-state index contributed by atoms with van der Waals surface area (Å²) in [5, 5.41) is 9.00. The third-order valence-electron chi connectivity index (χ3n) is 4.61. The minimum absolute atomic E-state index is 0.0275. The van der Waals surface area contributed by atoms with Crippen LogP contribution < -0.4 is 16.0 Å². The van der Waals surface area contributed by atoms with E-state index in [4.69, 9.17) is 11.6 Å². The average Bonchev–Trinajstić information content (AvgIpc) is 2.75. The monoisotopic (exact) mass is 444 g/mol. The van der Waals surface area contributed by atoms with E-state index in [2.05, 4.69) is 16.0 Å². The molecule has 0 saturated carbocycles. The smallest absolute Gasteiger partial charge is 0.253 e. The first-order valence-electron chi connectivity index (χ1n) is 10.4. The van der Waals surface area contributed by atoms with Gasteiger partial charge in [0.25, 0.3) is 5.91 Å². The lowest BCUT2D eigenvalue weighted by Gasteiger charge is -2.19. The number of carbonyl (C=O) groups is 3. The highest BCUT2D eigenvalue weighted by atomic mass is 35.5. The fraction of sp³-hybridized carbons (Fsp3) is 0.348. The summed E-state index contributed by atoms with van der Waals surface area (Å²) in [6.07, 6.45) is 1.19. The Morgan fingerprint density at radius 3 is 2.26 bits per heavy atom. The van der Waals surface area contributed by atoms with Gasteiger partial charge in [0.15, 0.2) is 0 Å². The number of amides is 3. The Morgan fingerprint density at radius 1 is 0.903 bits per heavy atom. The van der Waals surface area contributed by atoms with E-state index in [1.54, 1.807) is 47.4 Å². The molecule has 0 aliphatic carbocycles. The van der Waals surface area contributed by atoms with Crippen LogP contribution in [0.1, 0.15) is 44.0 Å². The summed E-state index contributed by atoms with van der Waals surface area (Å²) in [6, 6.07) is 11.9. The number of nitrogens with zero attached hydrogens (tertiary/aromatic N) is 1. The number of anilines is 3. The van der Waals surface area contributed by atoms with Crippen molar-refractivity contribution in [3.63, 3.8) is 0 Å². The fourth-order valence-electron chi connectivity index (χ4n) is 2.99. The molecule has 0 aliphatic heterocycles. The molecule has 0 spiro atoms. The summed E-state index contributed by atoms with van der Waals surface area (Å²) in [7, 11) is 0. The Kier molecular flexibility index (Phi) is 9.34. The number of nitrogens with one attached hydrogen (secondary N) is 3. The molecule has 8 heteroatoms. The van der Waals surface area contributed by atoms with Gasteiger partial charge in [0.05, 0.1) is 17.3 Å². The molecule has 2 rings (SSSR count). The molecule has 2 aromatic carbocycles. The molecule has 0 unspecified atom stereocenters. The van der Waals surface area contributed by atoms with Crippen molar-refractivity contribution in [3.8, 4) is 0 Å². The lowest BCUT2D eigenvalue weighted by Crippen LogP contribution is -2.30.